The van der Waals surface area contributed by atoms with E-state index in [0.717, 1.165) is 5.56 Å². The molecule has 0 spiro atoms. The van der Waals surface area contributed by atoms with Gasteiger partial charge in [0.2, 0.25) is 5.95 Å². The van der Waals surface area contributed by atoms with Gasteiger partial charge in [-0.1, -0.05) is 41.9 Å². The van der Waals surface area contributed by atoms with Gasteiger partial charge in [0.15, 0.2) is 0 Å². The molecule has 0 aliphatic carbocycles. The fourth-order valence-electron chi connectivity index (χ4n) is 2.06. The van der Waals surface area contributed by atoms with Crippen LogP contribution in [0.2, 0.25) is 5.02 Å². The zero-order valence-electron chi connectivity index (χ0n) is 11.2. The van der Waals surface area contributed by atoms with Crippen LogP contribution in [0.25, 0.3) is 0 Å². The molecule has 0 bridgehead atoms. The summed E-state index contributed by atoms with van der Waals surface area (Å²) in [6.45, 7) is 0.684. The van der Waals surface area contributed by atoms with Gasteiger partial charge < -0.3 is 5.32 Å². The third-order valence-corrected chi connectivity index (χ3v) is 3.25. The van der Waals surface area contributed by atoms with Crippen LogP contribution in [0.4, 0.5) is 5.95 Å². The van der Waals surface area contributed by atoms with Crippen molar-refractivity contribution in [2.45, 2.75) is 12.6 Å². The highest BCUT2D eigenvalue weighted by Crippen LogP contribution is 2.19. The van der Waals surface area contributed by atoms with E-state index >= 15 is 0 Å². The monoisotopic (exact) mass is 299 g/mol. The summed E-state index contributed by atoms with van der Waals surface area (Å²) in [6, 6.07) is 12.1. The van der Waals surface area contributed by atoms with Crippen molar-refractivity contribution in [2.24, 2.45) is 0 Å². The fourth-order valence-corrected chi connectivity index (χ4v) is 2.16. The standard InChI is InChI=1S/C15H14ClN5/c16-13-9-17-15(18-10-13)20-14(11-21-8-4-7-19-21)12-5-2-1-3-6-12/h1-10,14H,11H2,(H,17,18,20). The number of anilines is 1. The quantitative estimate of drug-likeness (QED) is 0.786. The average Bonchev–Trinajstić information content (AvgIpc) is 3.03. The van der Waals surface area contributed by atoms with Crippen LogP contribution in [0.1, 0.15) is 11.6 Å². The van der Waals surface area contributed by atoms with E-state index in [1.165, 1.54) is 0 Å². The van der Waals surface area contributed by atoms with Crippen LogP contribution in [0.5, 0.6) is 0 Å². The Morgan fingerprint density at radius 2 is 1.86 bits per heavy atom. The van der Waals surface area contributed by atoms with Crippen molar-refractivity contribution in [2.75, 3.05) is 5.32 Å². The molecule has 21 heavy (non-hydrogen) atoms. The first-order valence-corrected chi connectivity index (χ1v) is 6.95. The molecule has 2 heterocycles. The van der Waals surface area contributed by atoms with E-state index in [9.17, 15) is 0 Å². The Morgan fingerprint density at radius 1 is 1.10 bits per heavy atom. The number of hydrogen-bond acceptors (Lipinski definition) is 4. The zero-order chi connectivity index (χ0) is 14.5. The minimum atomic E-state index is 0.0206. The normalized spacial score (nSPS) is 12.0. The summed E-state index contributed by atoms with van der Waals surface area (Å²) in [5.41, 5.74) is 1.14. The number of aromatic nitrogens is 4. The lowest BCUT2D eigenvalue weighted by molar-refractivity contribution is 0.548. The highest BCUT2D eigenvalue weighted by molar-refractivity contribution is 6.30. The molecule has 0 saturated carbocycles. The van der Waals surface area contributed by atoms with Gasteiger partial charge in [-0.05, 0) is 11.6 Å². The van der Waals surface area contributed by atoms with Crippen LogP contribution in [0.15, 0.2) is 61.2 Å². The molecule has 3 aromatic rings. The van der Waals surface area contributed by atoms with Gasteiger partial charge in [-0.15, -0.1) is 0 Å². The predicted octanol–water partition coefficient (Wildman–Crippen LogP) is 3.18. The average molecular weight is 300 g/mol. The Hall–Kier alpha value is -2.40. The summed E-state index contributed by atoms with van der Waals surface area (Å²) in [5.74, 6) is 0.542. The molecular formula is C15H14ClN5. The SMILES string of the molecule is Clc1cnc(NC(Cn2cccn2)c2ccccc2)nc1. The molecule has 1 unspecified atom stereocenters. The first-order chi connectivity index (χ1) is 10.3. The summed E-state index contributed by atoms with van der Waals surface area (Å²) < 4.78 is 1.88. The zero-order valence-corrected chi connectivity index (χ0v) is 12.0. The Bertz CT molecular complexity index is 667. The molecule has 6 heteroatoms. The minimum absolute atomic E-state index is 0.0206. The Balaban J connectivity index is 1.83. The van der Waals surface area contributed by atoms with E-state index in [-0.39, 0.29) is 6.04 Å². The van der Waals surface area contributed by atoms with Crippen molar-refractivity contribution in [3.63, 3.8) is 0 Å². The van der Waals surface area contributed by atoms with Crippen LogP contribution in [-0.4, -0.2) is 19.7 Å². The second kappa shape index (κ2) is 6.37. The predicted molar refractivity (Wildman–Crippen MR) is 82.1 cm³/mol. The van der Waals surface area contributed by atoms with Crippen molar-refractivity contribution in [1.29, 1.82) is 0 Å². The minimum Gasteiger partial charge on any atom is -0.346 e. The molecular weight excluding hydrogens is 286 g/mol. The number of benzene rings is 1. The highest BCUT2D eigenvalue weighted by Gasteiger charge is 2.13. The van der Waals surface area contributed by atoms with E-state index in [0.29, 0.717) is 17.5 Å². The molecule has 0 radical (unpaired) electrons. The van der Waals surface area contributed by atoms with E-state index in [1.54, 1.807) is 18.6 Å². The molecule has 0 saturated heterocycles. The summed E-state index contributed by atoms with van der Waals surface area (Å²) in [7, 11) is 0. The maximum atomic E-state index is 5.81. The van der Waals surface area contributed by atoms with Gasteiger partial charge in [0.1, 0.15) is 0 Å². The van der Waals surface area contributed by atoms with Gasteiger partial charge in [0, 0.05) is 12.4 Å². The summed E-state index contributed by atoms with van der Waals surface area (Å²) in [6.07, 6.45) is 6.85. The maximum Gasteiger partial charge on any atom is 0.223 e. The Morgan fingerprint density at radius 3 is 2.52 bits per heavy atom. The lowest BCUT2D eigenvalue weighted by atomic mass is 10.1. The summed E-state index contributed by atoms with van der Waals surface area (Å²) >= 11 is 5.81. The maximum absolute atomic E-state index is 5.81. The van der Waals surface area contributed by atoms with Crippen LogP contribution in [0.3, 0.4) is 0 Å². The van der Waals surface area contributed by atoms with E-state index in [4.69, 9.17) is 11.6 Å². The molecule has 1 aromatic carbocycles. The van der Waals surface area contributed by atoms with Crippen molar-refractivity contribution >= 4 is 17.5 Å². The first-order valence-electron chi connectivity index (χ1n) is 6.58. The molecule has 0 fully saturated rings. The van der Waals surface area contributed by atoms with Gasteiger partial charge in [0.05, 0.1) is 30.0 Å². The molecule has 0 aliphatic rings. The molecule has 1 N–H and O–H groups in total. The van der Waals surface area contributed by atoms with Crippen LogP contribution in [0, 0.1) is 0 Å². The van der Waals surface area contributed by atoms with Gasteiger partial charge in [-0.2, -0.15) is 5.10 Å². The van der Waals surface area contributed by atoms with Crippen molar-refractivity contribution in [3.8, 4) is 0 Å². The number of nitrogens with zero attached hydrogens (tertiary/aromatic N) is 4. The van der Waals surface area contributed by atoms with Gasteiger partial charge in [-0.25, -0.2) is 9.97 Å². The van der Waals surface area contributed by atoms with E-state index in [2.05, 4.69) is 32.5 Å². The van der Waals surface area contributed by atoms with Crippen LogP contribution >= 0.6 is 11.6 Å². The van der Waals surface area contributed by atoms with E-state index in [1.807, 2.05) is 35.1 Å². The highest BCUT2D eigenvalue weighted by atomic mass is 35.5. The number of nitrogens with one attached hydrogen (secondary N) is 1. The first kappa shape index (κ1) is 13.6. The lowest BCUT2D eigenvalue weighted by Crippen LogP contribution is -2.19. The smallest absolute Gasteiger partial charge is 0.223 e. The van der Waals surface area contributed by atoms with Crippen molar-refractivity contribution < 1.29 is 0 Å². The van der Waals surface area contributed by atoms with Gasteiger partial charge >= 0.3 is 0 Å². The largest absolute Gasteiger partial charge is 0.346 e. The summed E-state index contributed by atoms with van der Waals surface area (Å²) in [5, 5.41) is 8.09. The molecule has 106 valence electrons. The number of hydrogen-bond donors (Lipinski definition) is 1. The fraction of sp³-hybridized carbons (Fsp3) is 0.133. The molecule has 2 aromatic heterocycles. The third-order valence-electron chi connectivity index (χ3n) is 3.05. The second-order valence-electron chi connectivity index (χ2n) is 4.56. The number of halogens is 1. The molecule has 1 atom stereocenters. The van der Waals surface area contributed by atoms with E-state index < -0.39 is 0 Å². The molecule has 0 aliphatic heterocycles. The second-order valence-corrected chi connectivity index (χ2v) is 5.00. The molecule has 3 rings (SSSR count). The third kappa shape index (κ3) is 3.58. The Kier molecular flexibility index (Phi) is 4.12. The van der Waals surface area contributed by atoms with Gasteiger partial charge in [0.25, 0.3) is 0 Å². The van der Waals surface area contributed by atoms with Crippen LogP contribution < -0.4 is 5.32 Å². The summed E-state index contributed by atoms with van der Waals surface area (Å²) in [4.78, 5) is 8.38. The molecule has 5 nitrogen and oxygen atoms in total. The van der Waals surface area contributed by atoms with Crippen molar-refractivity contribution in [3.05, 3.63) is 71.8 Å². The Labute approximate surface area is 127 Å². The van der Waals surface area contributed by atoms with Gasteiger partial charge in [-0.3, -0.25) is 4.68 Å². The van der Waals surface area contributed by atoms with Crippen LogP contribution in [-0.2, 0) is 6.54 Å². The lowest BCUT2D eigenvalue weighted by Gasteiger charge is -2.19. The topological polar surface area (TPSA) is 55.6 Å². The number of rotatable bonds is 5. The van der Waals surface area contributed by atoms with Crippen molar-refractivity contribution in [1.82, 2.24) is 19.7 Å². The molecule has 0 amide bonds.